The molecule has 0 aromatic heterocycles. The second-order valence-corrected chi connectivity index (χ2v) is 6.96. The number of amides is 2. The van der Waals surface area contributed by atoms with Gasteiger partial charge in [0.15, 0.2) is 0 Å². The molecule has 1 saturated carbocycles. The topological polar surface area (TPSA) is 58.6 Å². The van der Waals surface area contributed by atoms with E-state index in [1.54, 1.807) is 20.8 Å². The molecule has 1 rings (SSSR count). The van der Waals surface area contributed by atoms with Gasteiger partial charge in [-0.1, -0.05) is 15.9 Å². The Morgan fingerprint density at radius 2 is 2.05 bits per heavy atom. The van der Waals surface area contributed by atoms with Gasteiger partial charge in [0, 0.05) is 32.0 Å². The van der Waals surface area contributed by atoms with Gasteiger partial charge in [-0.05, 0) is 27.2 Å². The molecule has 128 valence electrons. The van der Waals surface area contributed by atoms with Crippen molar-refractivity contribution in [3.8, 4) is 0 Å². The van der Waals surface area contributed by atoms with Gasteiger partial charge in [0.05, 0.1) is 5.33 Å². The average Bonchev–Trinajstić information content (AvgIpc) is 2.71. The van der Waals surface area contributed by atoms with Gasteiger partial charge in [-0.2, -0.15) is 0 Å². The summed E-state index contributed by atoms with van der Waals surface area (Å²) in [5.74, 6) is -2.97. The molecule has 0 radical (unpaired) electrons. The van der Waals surface area contributed by atoms with Crippen molar-refractivity contribution in [3.63, 3.8) is 0 Å². The van der Waals surface area contributed by atoms with Crippen molar-refractivity contribution in [2.75, 3.05) is 18.4 Å². The van der Waals surface area contributed by atoms with Gasteiger partial charge in [0.1, 0.15) is 5.60 Å². The van der Waals surface area contributed by atoms with Crippen LogP contribution in [0.1, 0.15) is 40.0 Å². The molecule has 0 bridgehead atoms. The first kappa shape index (κ1) is 19.1. The fourth-order valence-corrected chi connectivity index (χ4v) is 2.70. The zero-order valence-electron chi connectivity index (χ0n) is 13.1. The third-order valence-corrected chi connectivity index (χ3v) is 3.75. The minimum atomic E-state index is -2.71. The fourth-order valence-electron chi connectivity index (χ4n) is 2.37. The average molecular weight is 385 g/mol. The van der Waals surface area contributed by atoms with E-state index in [9.17, 15) is 18.4 Å². The van der Waals surface area contributed by atoms with Crippen molar-refractivity contribution in [3.05, 3.63) is 0 Å². The molecule has 0 spiro atoms. The lowest BCUT2D eigenvalue weighted by Crippen LogP contribution is -2.45. The van der Waals surface area contributed by atoms with Crippen LogP contribution in [0.15, 0.2) is 0 Å². The SMILES string of the molecule is CC(C)(C)OC(=O)NCCN(C(=O)CBr)C1CCC(F)(F)C1. The Morgan fingerprint density at radius 1 is 1.41 bits per heavy atom. The molecule has 0 heterocycles. The molecule has 0 aromatic rings. The maximum atomic E-state index is 13.3. The van der Waals surface area contributed by atoms with Crippen LogP contribution in [-0.2, 0) is 9.53 Å². The largest absolute Gasteiger partial charge is 0.444 e. The number of alkyl halides is 3. The number of nitrogens with zero attached hydrogens (tertiary/aromatic N) is 1. The Bertz CT molecular complexity index is 413. The smallest absolute Gasteiger partial charge is 0.407 e. The minimum absolute atomic E-state index is 0.0709. The molecule has 1 N–H and O–H groups in total. The van der Waals surface area contributed by atoms with Crippen LogP contribution >= 0.6 is 15.9 Å². The standard InChI is InChI=1S/C14H23BrF2N2O3/c1-13(2,3)22-12(21)18-6-7-19(11(20)9-15)10-4-5-14(16,17)8-10/h10H,4-9H2,1-3H3,(H,18,21). The van der Waals surface area contributed by atoms with E-state index in [0.29, 0.717) is 0 Å². The first-order chi connectivity index (χ1) is 10.0. The van der Waals surface area contributed by atoms with E-state index >= 15 is 0 Å². The number of carbonyl (C=O) groups excluding carboxylic acids is 2. The fraction of sp³-hybridized carbons (Fsp3) is 0.857. The number of carbonyl (C=O) groups is 2. The Labute approximate surface area is 137 Å². The highest BCUT2D eigenvalue weighted by Crippen LogP contribution is 2.37. The van der Waals surface area contributed by atoms with Crippen LogP contribution in [0.25, 0.3) is 0 Å². The maximum Gasteiger partial charge on any atom is 0.407 e. The van der Waals surface area contributed by atoms with Crippen LogP contribution in [0.5, 0.6) is 0 Å². The number of halogens is 3. The zero-order chi connectivity index (χ0) is 17.0. The van der Waals surface area contributed by atoms with Gasteiger partial charge in [-0.3, -0.25) is 4.79 Å². The van der Waals surface area contributed by atoms with E-state index in [0.717, 1.165) is 0 Å². The summed E-state index contributed by atoms with van der Waals surface area (Å²) in [6.45, 7) is 5.58. The van der Waals surface area contributed by atoms with Crippen molar-refractivity contribution < 1.29 is 23.1 Å². The van der Waals surface area contributed by atoms with Gasteiger partial charge < -0.3 is 15.0 Å². The van der Waals surface area contributed by atoms with E-state index in [1.807, 2.05) is 0 Å². The number of hydrogen-bond donors (Lipinski definition) is 1. The summed E-state index contributed by atoms with van der Waals surface area (Å²) in [6, 6.07) is -0.486. The summed E-state index contributed by atoms with van der Waals surface area (Å²) >= 11 is 3.06. The Hall–Kier alpha value is -0.920. The van der Waals surface area contributed by atoms with Gasteiger partial charge in [0.2, 0.25) is 11.8 Å². The molecular formula is C14H23BrF2N2O3. The zero-order valence-corrected chi connectivity index (χ0v) is 14.7. The van der Waals surface area contributed by atoms with Crippen molar-refractivity contribution in [2.24, 2.45) is 0 Å². The van der Waals surface area contributed by atoms with Crippen LogP contribution in [0, 0.1) is 0 Å². The van der Waals surface area contributed by atoms with Crippen LogP contribution in [0.2, 0.25) is 0 Å². The lowest BCUT2D eigenvalue weighted by atomic mass is 10.2. The summed E-state index contributed by atoms with van der Waals surface area (Å²) in [4.78, 5) is 24.9. The van der Waals surface area contributed by atoms with E-state index in [4.69, 9.17) is 4.74 Å². The van der Waals surface area contributed by atoms with Crippen molar-refractivity contribution in [1.82, 2.24) is 10.2 Å². The molecule has 1 aliphatic carbocycles. The molecule has 2 amide bonds. The third-order valence-electron chi connectivity index (χ3n) is 3.27. The highest BCUT2D eigenvalue weighted by molar-refractivity contribution is 9.09. The molecule has 1 unspecified atom stereocenters. The molecule has 1 aliphatic rings. The normalized spacial score (nSPS) is 20.5. The second kappa shape index (κ2) is 7.57. The number of rotatable bonds is 5. The summed E-state index contributed by atoms with van der Waals surface area (Å²) in [7, 11) is 0. The maximum absolute atomic E-state index is 13.3. The quantitative estimate of drug-likeness (QED) is 0.741. The van der Waals surface area contributed by atoms with Crippen molar-refractivity contribution in [2.45, 2.75) is 57.6 Å². The Kier molecular flexibility index (Phi) is 6.58. The molecule has 22 heavy (non-hydrogen) atoms. The van der Waals surface area contributed by atoms with Crippen LogP contribution in [0.4, 0.5) is 13.6 Å². The van der Waals surface area contributed by atoms with Crippen molar-refractivity contribution >= 4 is 27.9 Å². The summed E-state index contributed by atoms with van der Waals surface area (Å²) in [5, 5.41) is 2.61. The van der Waals surface area contributed by atoms with E-state index in [2.05, 4.69) is 21.2 Å². The van der Waals surface area contributed by atoms with Gasteiger partial charge in [-0.25, -0.2) is 13.6 Å². The molecule has 0 saturated heterocycles. The predicted molar refractivity (Wildman–Crippen MR) is 82.3 cm³/mol. The molecular weight excluding hydrogens is 362 g/mol. The van der Waals surface area contributed by atoms with Crippen LogP contribution in [0.3, 0.4) is 0 Å². The van der Waals surface area contributed by atoms with Gasteiger partial charge in [0.25, 0.3) is 0 Å². The number of alkyl carbamates (subject to hydrolysis) is 1. The van der Waals surface area contributed by atoms with E-state index < -0.39 is 23.7 Å². The summed E-state index contributed by atoms with van der Waals surface area (Å²) in [6.07, 6.45) is -0.838. The first-order valence-electron chi connectivity index (χ1n) is 7.24. The minimum Gasteiger partial charge on any atom is -0.444 e. The monoisotopic (exact) mass is 384 g/mol. The van der Waals surface area contributed by atoms with Gasteiger partial charge in [-0.15, -0.1) is 0 Å². The number of ether oxygens (including phenoxy) is 1. The van der Waals surface area contributed by atoms with Crippen LogP contribution in [-0.4, -0.2) is 52.9 Å². The van der Waals surface area contributed by atoms with E-state index in [-0.39, 0.29) is 43.6 Å². The lowest BCUT2D eigenvalue weighted by molar-refractivity contribution is -0.130. The third kappa shape index (κ3) is 6.46. The van der Waals surface area contributed by atoms with Crippen LogP contribution < -0.4 is 5.32 Å². The molecule has 1 fully saturated rings. The molecule has 0 aromatic carbocycles. The van der Waals surface area contributed by atoms with E-state index in [1.165, 1.54) is 4.90 Å². The molecule has 8 heteroatoms. The number of nitrogens with one attached hydrogen (secondary N) is 1. The lowest BCUT2D eigenvalue weighted by Gasteiger charge is -2.29. The number of hydrogen-bond acceptors (Lipinski definition) is 3. The molecule has 5 nitrogen and oxygen atoms in total. The molecule has 0 aliphatic heterocycles. The predicted octanol–water partition coefficient (Wildman–Crippen LogP) is 2.92. The Morgan fingerprint density at radius 3 is 2.50 bits per heavy atom. The molecule has 1 atom stereocenters. The first-order valence-corrected chi connectivity index (χ1v) is 8.36. The highest BCUT2D eigenvalue weighted by atomic mass is 79.9. The summed E-state index contributed by atoms with van der Waals surface area (Å²) in [5.41, 5.74) is -0.608. The van der Waals surface area contributed by atoms with Crippen molar-refractivity contribution in [1.29, 1.82) is 0 Å². The second-order valence-electron chi connectivity index (χ2n) is 6.40. The van der Waals surface area contributed by atoms with Gasteiger partial charge >= 0.3 is 6.09 Å². The Balaban J connectivity index is 2.50. The summed E-state index contributed by atoms with van der Waals surface area (Å²) < 4.78 is 31.7. The highest BCUT2D eigenvalue weighted by Gasteiger charge is 2.42.